The van der Waals surface area contributed by atoms with Gasteiger partial charge in [-0.1, -0.05) is 11.3 Å². The van der Waals surface area contributed by atoms with E-state index in [-0.39, 0.29) is 0 Å². The SMILES string of the molecule is CCn1cc(-c2cn3nc(Br)sc3n2)cn1. The van der Waals surface area contributed by atoms with Crippen molar-refractivity contribution in [1.82, 2.24) is 24.4 Å². The predicted molar refractivity (Wildman–Crippen MR) is 65.5 cm³/mol. The van der Waals surface area contributed by atoms with Crippen molar-refractivity contribution in [2.24, 2.45) is 0 Å². The van der Waals surface area contributed by atoms with E-state index in [2.05, 4.69) is 38.0 Å². The van der Waals surface area contributed by atoms with Crippen molar-refractivity contribution in [1.29, 1.82) is 0 Å². The summed E-state index contributed by atoms with van der Waals surface area (Å²) in [7, 11) is 0. The van der Waals surface area contributed by atoms with E-state index in [1.54, 1.807) is 4.52 Å². The van der Waals surface area contributed by atoms with E-state index in [0.717, 1.165) is 26.7 Å². The second-order valence-corrected chi connectivity index (χ2v) is 5.53. The molecule has 5 nitrogen and oxygen atoms in total. The first kappa shape index (κ1) is 9.98. The molecule has 82 valence electrons. The van der Waals surface area contributed by atoms with Crippen LogP contribution in [0.4, 0.5) is 0 Å². The molecule has 0 N–H and O–H groups in total. The molecule has 0 fully saturated rings. The quantitative estimate of drug-likeness (QED) is 0.730. The smallest absolute Gasteiger partial charge is 0.213 e. The molecule has 0 saturated carbocycles. The van der Waals surface area contributed by atoms with Gasteiger partial charge >= 0.3 is 0 Å². The maximum Gasteiger partial charge on any atom is 0.213 e. The molecule has 0 aliphatic carbocycles. The summed E-state index contributed by atoms with van der Waals surface area (Å²) in [6.45, 7) is 2.92. The maximum absolute atomic E-state index is 4.49. The highest BCUT2D eigenvalue weighted by Gasteiger charge is 2.09. The average Bonchev–Trinajstić information content (AvgIpc) is 2.88. The number of hydrogen-bond acceptors (Lipinski definition) is 4. The van der Waals surface area contributed by atoms with Crippen molar-refractivity contribution in [2.45, 2.75) is 13.5 Å². The summed E-state index contributed by atoms with van der Waals surface area (Å²) in [6.07, 6.45) is 5.72. The van der Waals surface area contributed by atoms with Crippen LogP contribution in [0.5, 0.6) is 0 Å². The number of nitrogens with zero attached hydrogens (tertiary/aromatic N) is 5. The minimum Gasteiger partial charge on any atom is -0.272 e. The Kier molecular flexibility index (Phi) is 2.29. The summed E-state index contributed by atoms with van der Waals surface area (Å²) >= 11 is 4.84. The normalized spacial score (nSPS) is 11.4. The highest BCUT2D eigenvalue weighted by Crippen LogP contribution is 2.23. The molecule has 0 aromatic carbocycles. The molecule has 0 spiro atoms. The number of aromatic nitrogens is 5. The molecule has 0 atom stereocenters. The monoisotopic (exact) mass is 297 g/mol. The Balaban J connectivity index is 2.07. The van der Waals surface area contributed by atoms with Crippen molar-refractivity contribution >= 4 is 32.2 Å². The zero-order chi connectivity index (χ0) is 11.1. The molecule has 16 heavy (non-hydrogen) atoms. The van der Waals surface area contributed by atoms with Crippen LogP contribution in [0, 0.1) is 0 Å². The molecule has 7 heteroatoms. The Morgan fingerprint density at radius 2 is 2.31 bits per heavy atom. The van der Waals surface area contributed by atoms with Crippen LogP contribution < -0.4 is 0 Å². The molecule has 3 aromatic rings. The van der Waals surface area contributed by atoms with Crippen LogP contribution in [0.3, 0.4) is 0 Å². The van der Waals surface area contributed by atoms with Gasteiger partial charge in [-0.15, -0.1) is 5.10 Å². The Labute approximate surface area is 104 Å². The van der Waals surface area contributed by atoms with Crippen molar-refractivity contribution in [2.75, 3.05) is 0 Å². The molecule has 0 aliphatic rings. The van der Waals surface area contributed by atoms with Gasteiger partial charge < -0.3 is 0 Å². The lowest BCUT2D eigenvalue weighted by atomic mass is 10.3. The fourth-order valence-electron chi connectivity index (χ4n) is 1.48. The molecule has 0 amide bonds. The van der Waals surface area contributed by atoms with E-state index in [1.807, 2.05) is 23.3 Å². The van der Waals surface area contributed by atoms with Crippen molar-refractivity contribution < 1.29 is 0 Å². The van der Waals surface area contributed by atoms with Crippen LogP contribution in [0.1, 0.15) is 6.92 Å². The van der Waals surface area contributed by atoms with Gasteiger partial charge in [-0.05, 0) is 22.9 Å². The number of imidazole rings is 1. The molecule has 3 aromatic heterocycles. The highest BCUT2D eigenvalue weighted by molar-refractivity contribution is 9.11. The fraction of sp³-hybridized carbons (Fsp3) is 0.222. The highest BCUT2D eigenvalue weighted by atomic mass is 79.9. The predicted octanol–water partition coefficient (Wildman–Crippen LogP) is 2.44. The molecule has 0 bridgehead atoms. The summed E-state index contributed by atoms with van der Waals surface area (Å²) in [5.74, 6) is 0. The third kappa shape index (κ3) is 1.56. The van der Waals surface area contributed by atoms with E-state index in [4.69, 9.17) is 0 Å². The summed E-state index contributed by atoms with van der Waals surface area (Å²) in [5.41, 5.74) is 1.93. The lowest BCUT2D eigenvalue weighted by molar-refractivity contribution is 0.660. The molecular weight excluding hydrogens is 290 g/mol. The minimum absolute atomic E-state index is 0.839. The molecule has 3 heterocycles. The van der Waals surface area contributed by atoms with Crippen LogP contribution in [-0.2, 0) is 6.54 Å². The van der Waals surface area contributed by atoms with Gasteiger partial charge in [-0.3, -0.25) is 4.68 Å². The Morgan fingerprint density at radius 1 is 1.44 bits per heavy atom. The third-order valence-electron chi connectivity index (χ3n) is 2.27. The zero-order valence-corrected chi connectivity index (χ0v) is 10.9. The second kappa shape index (κ2) is 3.67. The number of aryl methyl sites for hydroxylation is 1. The van der Waals surface area contributed by atoms with E-state index in [1.165, 1.54) is 11.3 Å². The third-order valence-corrected chi connectivity index (χ3v) is 3.63. The summed E-state index contributed by atoms with van der Waals surface area (Å²) < 4.78 is 4.49. The van der Waals surface area contributed by atoms with Gasteiger partial charge in [-0.2, -0.15) is 5.10 Å². The van der Waals surface area contributed by atoms with E-state index in [0.29, 0.717) is 0 Å². The number of hydrogen-bond donors (Lipinski definition) is 0. The van der Waals surface area contributed by atoms with Gasteiger partial charge in [0.2, 0.25) is 4.96 Å². The van der Waals surface area contributed by atoms with Gasteiger partial charge in [0.15, 0.2) is 3.92 Å². The molecular formula is C9H8BrN5S. The zero-order valence-electron chi connectivity index (χ0n) is 8.46. The lowest BCUT2D eigenvalue weighted by Crippen LogP contribution is -1.91. The number of halogens is 1. The summed E-state index contributed by atoms with van der Waals surface area (Å²) in [6, 6.07) is 0. The first-order chi connectivity index (χ1) is 7.76. The second-order valence-electron chi connectivity index (χ2n) is 3.29. The number of rotatable bonds is 2. The molecule has 3 rings (SSSR count). The molecule has 0 saturated heterocycles. The van der Waals surface area contributed by atoms with Crippen LogP contribution >= 0.6 is 27.3 Å². The summed E-state index contributed by atoms with van der Waals surface area (Å²) in [4.78, 5) is 5.37. The molecule has 0 radical (unpaired) electrons. The van der Waals surface area contributed by atoms with E-state index < -0.39 is 0 Å². The Morgan fingerprint density at radius 3 is 3.00 bits per heavy atom. The van der Waals surface area contributed by atoms with Crippen molar-refractivity contribution in [3.05, 3.63) is 22.5 Å². The van der Waals surface area contributed by atoms with Crippen LogP contribution in [0.25, 0.3) is 16.2 Å². The lowest BCUT2D eigenvalue weighted by Gasteiger charge is -1.90. The first-order valence-electron chi connectivity index (χ1n) is 4.81. The van der Waals surface area contributed by atoms with Crippen molar-refractivity contribution in [3.8, 4) is 11.3 Å². The standard InChI is InChI=1S/C9H8BrN5S/c1-2-14-4-6(3-11-14)7-5-15-9(12-7)16-8(10)13-15/h3-5H,2H2,1H3. The minimum atomic E-state index is 0.839. The summed E-state index contributed by atoms with van der Waals surface area (Å²) in [5, 5.41) is 8.47. The van der Waals surface area contributed by atoms with E-state index >= 15 is 0 Å². The van der Waals surface area contributed by atoms with Crippen LogP contribution in [-0.4, -0.2) is 24.4 Å². The van der Waals surface area contributed by atoms with E-state index in [9.17, 15) is 0 Å². The van der Waals surface area contributed by atoms with Gasteiger partial charge in [-0.25, -0.2) is 9.50 Å². The first-order valence-corrected chi connectivity index (χ1v) is 6.42. The number of fused-ring (bicyclic) bond motifs is 1. The Hall–Kier alpha value is -1.21. The van der Waals surface area contributed by atoms with Gasteiger partial charge in [0.1, 0.15) is 0 Å². The largest absolute Gasteiger partial charge is 0.272 e. The topological polar surface area (TPSA) is 48.0 Å². The Bertz CT molecular complexity index is 606. The maximum atomic E-state index is 4.49. The molecule has 0 aliphatic heterocycles. The van der Waals surface area contributed by atoms with Gasteiger partial charge in [0.05, 0.1) is 18.1 Å². The van der Waals surface area contributed by atoms with Crippen LogP contribution in [0.2, 0.25) is 0 Å². The average molecular weight is 298 g/mol. The molecule has 0 unspecified atom stereocenters. The van der Waals surface area contributed by atoms with Crippen molar-refractivity contribution in [3.63, 3.8) is 0 Å². The van der Waals surface area contributed by atoms with Gasteiger partial charge in [0.25, 0.3) is 0 Å². The van der Waals surface area contributed by atoms with Gasteiger partial charge in [0, 0.05) is 18.3 Å². The van der Waals surface area contributed by atoms with Crippen LogP contribution in [0.15, 0.2) is 22.5 Å². The fourth-order valence-corrected chi connectivity index (χ4v) is 2.70.